The molecule has 32 heavy (non-hydrogen) atoms. The van der Waals surface area contributed by atoms with Gasteiger partial charge < -0.3 is 82.3 Å². The average Bonchev–Trinajstić information content (AvgIpc) is 2.38. The van der Waals surface area contributed by atoms with Gasteiger partial charge in [-0.2, -0.15) is 0 Å². The summed E-state index contributed by atoms with van der Waals surface area (Å²) in [5.41, 5.74) is 11.5. The van der Waals surface area contributed by atoms with Gasteiger partial charge in [0.25, 0.3) is 0 Å². The number of hydrogen-bond acceptors (Lipinski definition) is 14. The van der Waals surface area contributed by atoms with Crippen molar-refractivity contribution < 1.29 is 143 Å². The summed E-state index contributed by atoms with van der Waals surface area (Å²) < 4.78 is 0. The van der Waals surface area contributed by atoms with Crippen molar-refractivity contribution in [3.05, 3.63) is 21.0 Å². The normalized spacial score (nSPS) is 7.00. The summed E-state index contributed by atoms with van der Waals surface area (Å²) in [4.78, 5) is 14.5. The Morgan fingerprint density at radius 1 is 0.312 bits per heavy atom. The zero-order chi connectivity index (χ0) is 25.5. The number of rotatable bonds is 0. The van der Waals surface area contributed by atoms with Crippen LogP contribution in [0.5, 0.6) is 0 Å². The van der Waals surface area contributed by atoms with Gasteiger partial charge in [-0.15, -0.1) is 0 Å². The molecule has 0 aliphatic rings. The summed E-state index contributed by atoms with van der Waals surface area (Å²) >= 11 is 0. The second kappa shape index (κ2) is 84.9. The molecule has 12 N–H and O–H groups in total. The molecule has 0 radical (unpaired) electrons. The molecule has 0 aliphatic heterocycles. The standard InChI is InChI=1S/6C2H6O2.2NO.4Pd/c6*1-2(3)4;2*1-2;;;;/h6*2-4H,1H3;;;;;;/q;;;;;;2*-1;;;;. The van der Waals surface area contributed by atoms with Gasteiger partial charge in [0.15, 0.2) is 0 Å². The van der Waals surface area contributed by atoms with Gasteiger partial charge in [0.05, 0.1) is 0 Å². The van der Waals surface area contributed by atoms with Crippen molar-refractivity contribution in [1.82, 2.24) is 0 Å². The first-order valence-corrected chi connectivity index (χ1v) is 6.93. The smallest absolute Gasteiger partial charge is 0.148 e. The molecule has 0 aromatic rings. The molecule has 20 heteroatoms. The van der Waals surface area contributed by atoms with Crippen LogP contribution in [-0.2, 0) is 81.7 Å². The molecule has 0 heterocycles. The van der Waals surface area contributed by atoms with Crippen molar-refractivity contribution in [2.75, 3.05) is 0 Å². The third-order valence-corrected chi connectivity index (χ3v) is 0. The van der Waals surface area contributed by atoms with E-state index in [1.165, 1.54) is 41.5 Å². The Kier molecular flexibility index (Phi) is 203. The largest absolute Gasteiger partial charge is 0.577 e. The van der Waals surface area contributed by atoms with Gasteiger partial charge in [-0.1, -0.05) is 0 Å². The van der Waals surface area contributed by atoms with E-state index in [9.17, 15) is 0 Å². The van der Waals surface area contributed by atoms with Crippen LogP contribution in [0.1, 0.15) is 41.5 Å². The Bertz CT molecular complexity index is 149. The Balaban J connectivity index is -0.0000000142. The van der Waals surface area contributed by atoms with E-state index in [0.717, 1.165) is 0 Å². The number of nitroso groups, excluding NO2 is 2. The molecule has 16 nitrogen and oxygen atoms in total. The van der Waals surface area contributed by atoms with Gasteiger partial charge in [0, 0.05) is 81.7 Å². The fourth-order valence-corrected chi connectivity index (χ4v) is 0. The van der Waals surface area contributed by atoms with Crippen LogP contribution in [0, 0.1) is 9.81 Å². The third kappa shape index (κ3) is 15400. The Morgan fingerprint density at radius 2 is 0.312 bits per heavy atom. The van der Waals surface area contributed by atoms with Gasteiger partial charge in [0.1, 0.15) is 37.7 Å². The molecule has 0 amide bonds. The SMILES string of the molecule is CC(O)O.CC(O)O.CC(O)O.CC(O)O.CC(O)O.CC(O)O.[N-]=O.[N-]=O.[Pd].[Pd].[Pd].[Pd]. The Morgan fingerprint density at radius 3 is 0.312 bits per heavy atom. The van der Waals surface area contributed by atoms with Crippen LogP contribution < -0.4 is 0 Å². The molecular formula is C12H36N2O14Pd4-2. The molecule has 0 rings (SSSR count). The van der Waals surface area contributed by atoms with Gasteiger partial charge >= 0.3 is 0 Å². The zero-order valence-corrected chi connectivity index (χ0v) is 24.0. The molecule has 0 unspecified atom stereocenters. The van der Waals surface area contributed by atoms with Crippen LogP contribution in [0.4, 0.5) is 0 Å². The molecular weight excluding hydrogens is 822 g/mol. The number of aliphatic hydroxyl groups excluding tert-OH is 6. The van der Waals surface area contributed by atoms with E-state index in [1.54, 1.807) is 0 Å². The number of hydrogen-bond donors (Lipinski definition) is 12. The first-order chi connectivity index (χ1) is 12.4. The fraction of sp³-hybridized carbons (Fsp3) is 1.00. The number of aliphatic hydroxyl groups is 12. The predicted octanol–water partition coefficient (Wildman–Crippen LogP) is -3.46. The van der Waals surface area contributed by atoms with E-state index >= 15 is 0 Å². The van der Waals surface area contributed by atoms with Crippen LogP contribution in [0.25, 0.3) is 11.2 Å². The third-order valence-electron chi connectivity index (χ3n) is 0. The summed E-state index contributed by atoms with van der Waals surface area (Å²) in [6.07, 6.45) is -7.00. The van der Waals surface area contributed by atoms with Crippen LogP contribution in [0.2, 0.25) is 0 Å². The summed E-state index contributed by atoms with van der Waals surface area (Å²) in [5.74, 6) is 0. The molecule has 0 saturated carbocycles. The minimum atomic E-state index is -1.17. The zero-order valence-electron chi connectivity index (χ0n) is 17.8. The van der Waals surface area contributed by atoms with E-state index in [2.05, 4.69) is 0 Å². The van der Waals surface area contributed by atoms with Crippen LogP contribution in [0.3, 0.4) is 0 Å². The van der Waals surface area contributed by atoms with E-state index in [0.29, 0.717) is 0 Å². The Labute approximate surface area is 241 Å². The summed E-state index contributed by atoms with van der Waals surface area (Å²) in [7, 11) is 0. The Hall–Kier alpha value is 1.37. The van der Waals surface area contributed by atoms with Gasteiger partial charge in [-0.25, -0.2) is 0 Å². The van der Waals surface area contributed by atoms with E-state index in [4.69, 9.17) is 82.3 Å². The quantitative estimate of drug-likeness (QED) is 0.0833. The summed E-state index contributed by atoms with van der Waals surface area (Å²) in [6.45, 7) is 7.67. The molecule has 0 saturated heterocycles. The van der Waals surface area contributed by atoms with Gasteiger partial charge in [-0.3, -0.25) is 0 Å². The maximum Gasteiger partial charge on any atom is 0.148 e. The second-order valence-electron chi connectivity index (χ2n) is 3.79. The maximum absolute atomic E-state index is 7.61. The van der Waals surface area contributed by atoms with E-state index < -0.39 is 37.7 Å². The fourth-order valence-electron chi connectivity index (χ4n) is 0. The minimum Gasteiger partial charge on any atom is -0.577 e. The molecule has 0 aromatic carbocycles. The monoisotopic (exact) mass is 856 g/mol. The van der Waals surface area contributed by atoms with Gasteiger partial charge in [-0.05, 0) is 41.5 Å². The van der Waals surface area contributed by atoms with Crippen molar-refractivity contribution in [2.24, 2.45) is 0 Å². The van der Waals surface area contributed by atoms with Crippen molar-refractivity contribution in [2.45, 2.75) is 79.3 Å². The topological polar surface area (TPSA) is 321 Å². The summed E-state index contributed by atoms with van der Waals surface area (Å²) in [6, 6.07) is 0. The first kappa shape index (κ1) is 76.6. The molecule has 0 bridgehead atoms. The average molecular weight is 858 g/mol. The predicted molar refractivity (Wildman–Crippen MR) is 96.8 cm³/mol. The van der Waals surface area contributed by atoms with E-state index in [-0.39, 0.29) is 81.7 Å². The first-order valence-electron chi connectivity index (χ1n) is 6.93. The molecule has 0 fully saturated rings. The van der Waals surface area contributed by atoms with Crippen molar-refractivity contribution >= 4 is 0 Å². The second-order valence-corrected chi connectivity index (χ2v) is 3.79. The minimum absolute atomic E-state index is 0. The van der Waals surface area contributed by atoms with Crippen molar-refractivity contribution in [3.8, 4) is 0 Å². The maximum atomic E-state index is 7.61. The molecule has 0 atom stereocenters. The van der Waals surface area contributed by atoms with Crippen LogP contribution in [0.15, 0.2) is 0 Å². The van der Waals surface area contributed by atoms with Crippen molar-refractivity contribution in [3.63, 3.8) is 0 Å². The molecule has 0 aromatic heterocycles. The van der Waals surface area contributed by atoms with Gasteiger partial charge in [0.2, 0.25) is 0 Å². The molecule has 0 aliphatic carbocycles. The van der Waals surface area contributed by atoms with Crippen LogP contribution >= 0.6 is 0 Å². The van der Waals surface area contributed by atoms with E-state index in [1.807, 2.05) is 0 Å². The molecule has 220 valence electrons. The van der Waals surface area contributed by atoms with Crippen molar-refractivity contribution in [1.29, 1.82) is 0 Å². The number of nitrogens with zero attached hydrogens (tertiary/aromatic N) is 2. The van der Waals surface area contributed by atoms with Crippen LogP contribution in [-0.4, -0.2) is 99.0 Å². The molecule has 0 spiro atoms. The summed E-state index contributed by atoms with van der Waals surface area (Å²) in [5, 5.41) is 91.3.